The molecular formula is C17H17Cl2NO. The predicted octanol–water partition coefficient (Wildman–Crippen LogP) is 4.91. The smallest absolute Gasteiger partial charge is 0.254 e. The maximum atomic E-state index is 12.5. The first-order chi connectivity index (χ1) is 10.0. The minimum Gasteiger partial charge on any atom is -0.335 e. The molecule has 0 fully saturated rings. The highest BCUT2D eigenvalue weighted by molar-refractivity contribution is 6.30. The summed E-state index contributed by atoms with van der Waals surface area (Å²) in [4.78, 5) is 14.2. The van der Waals surface area contributed by atoms with Crippen molar-refractivity contribution in [3.8, 4) is 0 Å². The fraction of sp³-hybridized carbons (Fsp3) is 0.235. The summed E-state index contributed by atoms with van der Waals surface area (Å²) >= 11 is 11.7. The average Bonchev–Trinajstić information content (AvgIpc) is 2.53. The largest absolute Gasteiger partial charge is 0.335 e. The van der Waals surface area contributed by atoms with Gasteiger partial charge in [0, 0.05) is 23.5 Å². The van der Waals surface area contributed by atoms with Crippen molar-refractivity contribution < 1.29 is 4.79 Å². The van der Waals surface area contributed by atoms with Gasteiger partial charge in [0.05, 0.1) is 6.04 Å². The minimum absolute atomic E-state index is 0.0152. The zero-order chi connectivity index (χ0) is 15.4. The van der Waals surface area contributed by atoms with Crippen LogP contribution in [0.1, 0.15) is 34.5 Å². The molecule has 110 valence electrons. The molecule has 0 aliphatic heterocycles. The van der Waals surface area contributed by atoms with Crippen molar-refractivity contribution in [2.24, 2.45) is 0 Å². The third-order valence-corrected chi connectivity index (χ3v) is 4.17. The summed E-state index contributed by atoms with van der Waals surface area (Å²) in [6.07, 6.45) is 0. The number of nitrogens with zero attached hydrogens (tertiary/aromatic N) is 1. The third-order valence-electron chi connectivity index (χ3n) is 3.61. The molecule has 0 spiro atoms. The second-order valence-electron chi connectivity index (χ2n) is 4.97. The van der Waals surface area contributed by atoms with E-state index in [9.17, 15) is 4.79 Å². The number of carbonyl (C=O) groups excluding carboxylic acids is 1. The Labute approximate surface area is 135 Å². The maximum Gasteiger partial charge on any atom is 0.254 e. The van der Waals surface area contributed by atoms with E-state index in [1.54, 1.807) is 11.9 Å². The summed E-state index contributed by atoms with van der Waals surface area (Å²) in [5.74, 6) is 0.435. The summed E-state index contributed by atoms with van der Waals surface area (Å²) in [5, 5.41) is 0.691. The molecule has 4 heteroatoms. The Kier molecular flexibility index (Phi) is 5.27. The molecule has 1 atom stereocenters. The van der Waals surface area contributed by atoms with Gasteiger partial charge in [-0.2, -0.15) is 0 Å². The van der Waals surface area contributed by atoms with Crippen LogP contribution < -0.4 is 0 Å². The van der Waals surface area contributed by atoms with Crippen molar-refractivity contribution in [2.75, 3.05) is 7.05 Å². The van der Waals surface area contributed by atoms with Crippen molar-refractivity contribution in [1.29, 1.82) is 0 Å². The number of benzene rings is 2. The molecule has 0 aliphatic rings. The van der Waals surface area contributed by atoms with Gasteiger partial charge in [-0.05, 0) is 42.3 Å². The number of alkyl halides is 1. The van der Waals surface area contributed by atoms with Gasteiger partial charge in [-0.3, -0.25) is 4.79 Å². The second kappa shape index (κ2) is 6.97. The van der Waals surface area contributed by atoms with Crippen LogP contribution >= 0.6 is 23.2 Å². The maximum absolute atomic E-state index is 12.5. The molecule has 0 heterocycles. The van der Waals surface area contributed by atoms with Gasteiger partial charge in [-0.1, -0.05) is 35.9 Å². The van der Waals surface area contributed by atoms with E-state index in [0.717, 1.165) is 11.1 Å². The highest BCUT2D eigenvalue weighted by Gasteiger charge is 2.18. The fourth-order valence-corrected chi connectivity index (χ4v) is 2.38. The fourth-order valence-electron chi connectivity index (χ4n) is 2.08. The normalized spacial score (nSPS) is 12.0. The van der Waals surface area contributed by atoms with Gasteiger partial charge in [0.25, 0.3) is 5.91 Å². The number of hydrogen-bond acceptors (Lipinski definition) is 1. The lowest BCUT2D eigenvalue weighted by Gasteiger charge is -2.25. The molecule has 21 heavy (non-hydrogen) atoms. The zero-order valence-electron chi connectivity index (χ0n) is 12.0. The molecule has 2 nitrogen and oxygen atoms in total. The van der Waals surface area contributed by atoms with Crippen molar-refractivity contribution in [3.63, 3.8) is 0 Å². The lowest BCUT2D eigenvalue weighted by atomic mass is 10.1. The predicted molar refractivity (Wildman–Crippen MR) is 88.0 cm³/mol. The van der Waals surface area contributed by atoms with Gasteiger partial charge in [0.15, 0.2) is 0 Å². The van der Waals surface area contributed by atoms with Gasteiger partial charge in [0.1, 0.15) is 0 Å². The van der Waals surface area contributed by atoms with Gasteiger partial charge in [0.2, 0.25) is 0 Å². The number of hydrogen-bond donors (Lipinski definition) is 0. The molecule has 0 bridgehead atoms. The summed E-state index contributed by atoms with van der Waals surface area (Å²) < 4.78 is 0. The highest BCUT2D eigenvalue weighted by atomic mass is 35.5. The number of halogens is 2. The molecule has 2 rings (SSSR count). The topological polar surface area (TPSA) is 20.3 Å². The van der Waals surface area contributed by atoms with Gasteiger partial charge >= 0.3 is 0 Å². The minimum atomic E-state index is -0.0255. The first-order valence-electron chi connectivity index (χ1n) is 6.70. The van der Waals surface area contributed by atoms with Crippen LogP contribution in [-0.2, 0) is 5.88 Å². The zero-order valence-corrected chi connectivity index (χ0v) is 13.5. The van der Waals surface area contributed by atoms with E-state index in [4.69, 9.17) is 23.2 Å². The molecule has 0 aromatic heterocycles. The molecule has 0 aliphatic carbocycles. The lowest BCUT2D eigenvalue weighted by molar-refractivity contribution is 0.0742. The first kappa shape index (κ1) is 15.9. The molecule has 0 N–H and O–H groups in total. The van der Waals surface area contributed by atoms with Crippen molar-refractivity contribution in [3.05, 3.63) is 70.2 Å². The second-order valence-corrected chi connectivity index (χ2v) is 5.68. The van der Waals surface area contributed by atoms with E-state index in [-0.39, 0.29) is 11.9 Å². The van der Waals surface area contributed by atoms with Crippen molar-refractivity contribution in [1.82, 2.24) is 4.90 Å². The summed E-state index contributed by atoms with van der Waals surface area (Å²) in [6, 6.07) is 14.9. The van der Waals surface area contributed by atoms with Crippen LogP contribution in [0.4, 0.5) is 0 Å². The van der Waals surface area contributed by atoms with Gasteiger partial charge in [-0.25, -0.2) is 0 Å². The Hall–Kier alpha value is -1.51. The SMILES string of the molecule is CC(c1ccc(Cl)cc1)N(C)C(=O)c1ccc(CCl)cc1. The van der Waals surface area contributed by atoms with Crippen LogP contribution in [0.25, 0.3) is 0 Å². The number of rotatable bonds is 4. The van der Waals surface area contributed by atoms with Crippen molar-refractivity contribution >= 4 is 29.1 Å². The molecule has 0 radical (unpaired) electrons. The van der Waals surface area contributed by atoms with Crippen LogP contribution in [0.2, 0.25) is 5.02 Å². The molecular weight excluding hydrogens is 305 g/mol. The van der Waals surface area contributed by atoms with Gasteiger partial charge in [-0.15, -0.1) is 11.6 Å². The van der Waals surface area contributed by atoms with Crippen LogP contribution in [0, 0.1) is 0 Å². The van der Waals surface area contributed by atoms with E-state index in [0.29, 0.717) is 16.5 Å². The summed E-state index contributed by atoms with van der Waals surface area (Å²) in [7, 11) is 1.80. The first-order valence-corrected chi connectivity index (χ1v) is 7.61. The summed E-state index contributed by atoms with van der Waals surface area (Å²) in [5.41, 5.74) is 2.71. The Bertz CT molecular complexity index is 608. The van der Waals surface area contributed by atoms with Crippen LogP contribution in [-0.4, -0.2) is 17.9 Å². The van der Waals surface area contributed by atoms with Crippen LogP contribution in [0.15, 0.2) is 48.5 Å². The molecule has 2 aromatic carbocycles. The monoisotopic (exact) mass is 321 g/mol. The third kappa shape index (κ3) is 3.78. The van der Waals surface area contributed by atoms with E-state index in [1.165, 1.54) is 0 Å². The highest BCUT2D eigenvalue weighted by Crippen LogP contribution is 2.22. The van der Waals surface area contributed by atoms with E-state index >= 15 is 0 Å². The van der Waals surface area contributed by atoms with E-state index in [2.05, 4.69) is 0 Å². The van der Waals surface area contributed by atoms with Crippen molar-refractivity contribution in [2.45, 2.75) is 18.8 Å². The Morgan fingerprint density at radius 2 is 1.67 bits per heavy atom. The number of amides is 1. The Balaban J connectivity index is 2.15. The molecule has 0 saturated heterocycles. The molecule has 1 unspecified atom stereocenters. The van der Waals surface area contributed by atoms with E-state index < -0.39 is 0 Å². The number of carbonyl (C=O) groups is 1. The lowest BCUT2D eigenvalue weighted by Crippen LogP contribution is -2.29. The quantitative estimate of drug-likeness (QED) is 0.732. The van der Waals surface area contributed by atoms with E-state index in [1.807, 2.05) is 55.5 Å². The standard InChI is InChI=1S/C17H17Cl2NO/c1-12(14-7-9-16(19)10-8-14)20(2)17(21)15-5-3-13(11-18)4-6-15/h3-10,12H,11H2,1-2H3. The van der Waals surface area contributed by atoms with Gasteiger partial charge < -0.3 is 4.90 Å². The Morgan fingerprint density at radius 3 is 2.19 bits per heavy atom. The summed E-state index contributed by atoms with van der Waals surface area (Å²) in [6.45, 7) is 1.99. The molecule has 2 aromatic rings. The average molecular weight is 322 g/mol. The van der Waals surface area contributed by atoms with Crippen LogP contribution in [0.3, 0.4) is 0 Å². The Morgan fingerprint density at radius 1 is 1.10 bits per heavy atom. The molecule has 0 saturated carbocycles. The molecule has 1 amide bonds. The van der Waals surface area contributed by atoms with Crippen LogP contribution in [0.5, 0.6) is 0 Å².